The van der Waals surface area contributed by atoms with Crippen LogP contribution in [0.2, 0.25) is 0 Å². The van der Waals surface area contributed by atoms with Gasteiger partial charge >= 0.3 is 0 Å². The fourth-order valence-corrected chi connectivity index (χ4v) is 2.81. The first-order valence-electron chi connectivity index (χ1n) is 8.61. The Labute approximate surface area is 161 Å². The Morgan fingerprint density at radius 1 is 0.964 bits per heavy atom. The standard InChI is InChI=1S/C22H15N5O/c23-13-15-4-1-7-18(12-15)26-22(28)17-9-10-20(25-14-17)27-19-8-2-5-16-6-3-11-24-21(16)19/h1-12,14H,(H,25,27)(H,26,28). The molecule has 0 spiro atoms. The number of rotatable bonds is 4. The van der Waals surface area contributed by atoms with Gasteiger partial charge in [-0.3, -0.25) is 9.78 Å². The number of hydrogen-bond acceptors (Lipinski definition) is 5. The van der Waals surface area contributed by atoms with Gasteiger partial charge < -0.3 is 10.6 Å². The zero-order valence-corrected chi connectivity index (χ0v) is 14.8. The fraction of sp³-hybridized carbons (Fsp3) is 0. The lowest BCUT2D eigenvalue weighted by molar-refractivity contribution is 0.102. The summed E-state index contributed by atoms with van der Waals surface area (Å²) >= 11 is 0. The van der Waals surface area contributed by atoms with E-state index in [9.17, 15) is 4.79 Å². The first-order valence-corrected chi connectivity index (χ1v) is 8.61. The molecule has 0 atom stereocenters. The van der Waals surface area contributed by atoms with Gasteiger partial charge in [0.25, 0.3) is 5.91 Å². The van der Waals surface area contributed by atoms with Crippen LogP contribution in [0.15, 0.2) is 79.1 Å². The van der Waals surface area contributed by atoms with E-state index in [0.717, 1.165) is 16.6 Å². The summed E-state index contributed by atoms with van der Waals surface area (Å²) in [5.41, 5.74) is 3.17. The summed E-state index contributed by atoms with van der Waals surface area (Å²) in [5.74, 6) is 0.321. The first-order chi connectivity index (χ1) is 13.7. The third kappa shape index (κ3) is 3.64. The lowest BCUT2D eigenvalue weighted by atomic mass is 10.2. The maximum Gasteiger partial charge on any atom is 0.257 e. The molecule has 2 heterocycles. The summed E-state index contributed by atoms with van der Waals surface area (Å²) in [4.78, 5) is 21.1. The van der Waals surface area contributed by atoms with Crippen molar-refractivity contribution in [3.05, 3.63) is 90.3 Å². The number of hydrogen-bond donors (Lipinski definition) is 2. The molecule has 0 aliphatic carbocycles. The van der Waals surface area contributed by atoms with Gasteiger partial charge in [-0.15, -0.1) is 0 Å². The van der Waals surface area contributed by atoms with Gasteiger partial charge in [0.05, 0.1) is 28.4 Å². The van der Waals surface area contributed by atoms with Gasteiger partial charge in [-0.1, -0.05) is 24.3 Å². The second kappa shape index (κ2) is 7.56. The average molecular weight is 365 g/mol. The van der Waals surface area contributed by atoms with E-state index in [1.807, 2.05) is 36.4 Å². The zero-order chi connectivity index (χ0) is 19.3. The van der Waals surface area contributed by atoms with Crippen molar-refractivity contribution in [2.45, 2.75) is 0 Å². The van der Waals surface area contributed by atoms with Crippen molar-refractivity contribution in [1.29, 1.82) is 5.26 Å². The van der Waals surface area contributed by atoms with Gasteiger partial charge in [0.15, 0.2) is 0 Å². The van der Waals surface area contributed by atoms with Crippen LogP contribution in [0.3, 0.4) is 0 Å². The quantitative estimate of drug-likeness (QED) is 0.556. The molecule has 0 bridgehead atoms. The molecule has 6 heteroatoms. The third-order valence-corrected chi connectivity index (χ3v) is 4.17. The molecule has 0 aliphatic rings. The van der Waals surface area contributed by atoms with Crippen molar-refractivity contribution in [2.75, 3.05) is 10.6 Å². The summed E-state index contributed by atoms with van der Waals surface area (Å²) in [6.07, 6.45) is 3.25. The molecule has 2 N–H and O–H groups in total. The van der Waals surface area contributed by atoms with Crippen LogP contribution in [-0.4, -0.2) is 15.9 Å². The number of nitrogens with one attached hydrogen (secondary N) is 2. The van der Waals surface area contributed by atoms with Crippen molar-refractivity contribution >= 4 is 34.0 Å². The van der Waals surface area contributed by atoms with Crippen LogP contribution < -0.4 is 10.6 Å². The molecular formula is C22H15N5O. The highest BCUT2D eigenvalue weighted by molar-refractivity contribution is 6.04. The van der Waals surface area contributed by atoms with Gasteiger partial charge in [-0.05, 0) is 42.5 Å². The van der Waals surface area contributed by atoms with E-state index in [1.165, 1.54) is 6.20 Å². The average Bonchev–Trinajstić information content (AvgIpc) is 2.74. The number of amides is 1. The Bertz CT molecular complexity index is 1190. The van der Waals surface area contributed by atoms with E-state index in [4.69, 9.17) is 5.26 Å². The fourth-order valence-electron chi connectivity index (χ4n) is 2.81. The first kappa shape index (κ1) is 17.2. The number of para-hydroxylation sites is 1. The highest BCUT2D eigenvalue weighted by atomic mass is 16.1. The number of carbonyl (C=O) groups is 1. The molecule has 0 aliphatic heterocycles. The summed E-state index contributed by atoms with van der Waals surface area (Å²) < 4.78 is 0. The molecule has 0 saturated heterocycles. The normalized spacial score (nSPS) is 10.2. The number of fused-ring (bicyclic) bond motifs is 1. The molecule has 0 unspecified atom stereocenters. The highest BCUT2D eigenvalue weighted by Crippen LogP contribution is 2.23. The number of benzene rings is 2. The van der Waals surface area contributed by atoms with Gasteiger partial charge in [-0.2, -0.15) is 5.26 Å². The van der Waals surface area contributed by atoms with E-state index in [2.05, 4.69) is 20.6 Å². The summed E-state index contributed by atoms with van der Waals surface area (Å²) in [7, 11) is 0. The number of nitrogens with zero attached hydrogens (tertiary/aromatic N) is 3. The molecule has 2 aromatic carbocycles. The van der Waals surface area contributed by atoms with E-state index < -0.39 is 0 Å². The largest absolute Gasteiger partial charge is 0.338 e. The van der Waals surface area contributed by atoms with Crippen LogP contribution in [0.1, 0.15) is 15.9 Å². The van der Waals surface area contributed by atoms with Crippen LogP contribution >= 0.6 is 0 Å². The number of pyridine rings is 2. The minimum absolute atomic E-state index is 0.291. The van der Waals surface area contributed by atoms with Crippen molar-refractivity contribution in [3.63, 3.8) is 0 Å². The monoisotopic (exact) mass is 365 g/mol. The van der Waals surface area contributed by atoms with Crippen molar-refractivity contribution in [3.8, 4) is 6.07 Å². The number of aromatic nitrogens is 2. The van der Waals surface area contributed by atoms with Crippen LogP contribution in [0, 0.1) is 11.3 Å². The topological polar surface area (TPSA) is 90.7 Å². The van der Waals surface area contributed by atoms with Crippen LogP contribution in [0.25, 0.3) is 10.9 Å². The van der Waals surface area contributed by atoms with E-state index in [0.29, 0.717) is 22.6 Å². The molecule has 2 aromatic heterocycles. The van der Waals surface area contributed by atoms with Gasteiger partial charge in [0.1, 0.15) is 5.82 Å². The lowest BCUT2D eigenvalue weighted by Crippen LogP contribution is -2.12. The minimum Gasteiger partial charge on any atom is -0.338 e. The predicted molar refractivity (Wildman–Crippen MR) is 108 cm³/mol. The third-order valence-electron chi connectivity index (χ3n) is 4.17. The number of carbonyl (C=O) groups excluding carboxylic acids is 1. The predicted octanol–water partition coefficient (Wildman–Crippen LogP) is 4.50. The number of anilines is 3. The van der Waals surface area contributed by atoms with Crippen LogP contribution in [0.5, 0.6) is 0 Å². The van der Waals surface area contributed by atoms with Crippen LogP contribution in [-0.2, 0) is 0 Å². The maximum absolute atomic E-state index is 12.4. The van der Waals surface area contributed by atoms with Gasteiger partial charge in [-0.25, -0.2) is 4.98 Å². The molecule has 6 nitrogen and oxygen atoms in total. The van der Waals surface area contributed by atoms with Crippen molar-refractivity contribution < 1.29 is 4.79 Å². The Balaban J connectivity index is 1.50. The second-order valence-corrected chi connectivity index (χ2v) is 6.08. The Hall–Kier alpha value is -4.24. The summed E-state index contributed by atoms with van der Waals surface area (Å²) in [6, 6.07) is 22.0. The smallest absolute Gasteiger partial charge is 0.257 e. The van der Waals surface area contributed by atoms with Crippen molar-refractivity contribution in [2.24, 2.45) is 0 Å². The summed E-state index contributed by atoms with van der Waals surface area (Å²) in [5, 5.41) is 16.0. The molecular weight excluding hydrogens is 350 g/mol. The molecule has 4 rings (SSSR count). The Morgan fingerprint density at radius 3 is 2.64 bits per heavy atom. The maximum atomic E-state index is 12.4. The molecule has 4 aromatic rings. The lowest BCUT2D eigenvalue weighted by Gasteiger charge is -2.09. The second-order valence-electron chi connectivity index (χ2n) is 6.08. The number of nitriles is 1. The molecule has 1 amide bonds. The molecule has 0 radical (unpaired) electrons. The zero-order valence-electron chi connectivity index (χ0n) is 14.8. The molecule has 28 heavy (non-hydrogen) atoms. The van der Waals surface area contributed by atoms with Gasteiger partial charge in [0.2, 0.25) is 0 Å². The molecule has 134 valence electrons. The summed E-state index contributed by atoms with van der Waals surface area (Å²) in [6.45, 7) is 0. The van der Waals surface area contributed by atoms with Crippen molar-refractivity contribution in [1.82, 2.24) is 9.97 Å². The molecule has 0 saturated carbocycles. The Morgan fingerprint density at radius 2 is 1.82 bits per heavy atom. The van der Waals surface area contributed by atoms with Crippen LogP contribution in [0.4, 0.5) is 17.2 Å². The Kier molecular flexibility index (Phi) is 4.64. The SMILES string of the molecule is N#Cc1cccc(NC(=O)c2ccc(Nc3cccc4cccnc34)nc2)c1. The van der Waals surface area contributed by atoms with E-state index >= 15 is 0 Å². The molecule has 0 fully saturated rings. The van der Waals surface area contributed by atoms with Gasteiger partial charge in [0, 0.05) is 23.5 Å². The highest BCUT2D eigenvalue weighted by Gasteiger charge is 2.08. The minimum atomic E-state index is -0.291. The van der Waals surface area contributed by atoms with E-state index in [1.54, 1.807) is 42.6 Å². The van der Waals surface area contributed by atoms with E-state index in [-0.39, 0.29) is 5.91 Å².